The first-order chi connectivity index (χ1) is 16.0. The third-order valence-corrected chi connectivity index (χ3v) is 6.61. The Morgan fingerprint density at radius 1 is 1.09 bits per heavy atom. The van der Waals surface area contributed by atoms with Crippen LogP contribution in [0.1, 0.15) is 18.9 Å². The Labute approximate surface area is 205 Å². The van der Waals surface area contributed by atoms with Crippen molar-refractivity contribution >= 4 is 39.1 Å². The fourth-order valence-electron chi connectivity index (χ4n) is 3.46. The fraction of sp³-hybridized carbons (Fsp3) is 0.391. The third kappa shape index (κ3) is 6.77. The zero-order valence-corrected chi connectivity index (χ0v) is 21.4. The van der Waals surface area contributed by atoms with E-state index in [0.717, 1.165) is 16.1 Å². The van der Waals surface area contributed by atoms with Gasteiger partial charge >= 0.3 is 0 Å². The summed E-state index contributed by atoms with van der Waals surface area (Å²) in [6, 6.07) is 10.7. The third-order valence-electron chi connectivity index (χ3n) is 5.23. The molecule has 1 atom stereocenters. The Kier molecular flexibility index (Phi) is 9.57. The lowest BCUT2D eigenvalue weighted by atomic mass is 10.1. The van der Waals surface area contributed by atoms with Gasteiger partial charge in [-0.1, -0.05) is 30.7 Å². The summed E-state index contributed by atoms with van der Waals surface area (Å²) in [4.78, 5) is 27.5. The molecular weight excluding hydrogens is 482 g/mol. The van der Waals surface area contributed by atoms with Crippen molar-refractivity contribution in [3.05, 3.63) is 53.1 Å². The molecule has 0 aromatic heterocycles. The molecule has 0 aliphatic carbocycles. The van der Waals surface area contributed by atoms with Crippen LogP contribution in [-0.4, -0.2) is 65.2 Å². The first-order valence-electron chi connectivity index (χ1n) is 10.5. The minimum atomic E-state index is -3.91. The first kappa shape index (κ1) is 27.3. The molecule has 1 N–H and O–H groups in total. The molecule has 9 nitrogen and oxygen atoms in total. The SMILES string of the molecule is CCC(C(=O)NC)N(Cc1ccc(Cl)cc1)C(=O)CN(c1cc(OC)ccc1OC)S(C)(=O)=O. The van der Waals surface area contributed by atoms with Crippen molar-refractivity contribution in [1.29, 1.82) is 0 Å². The van der Waals surface area contributed by atoms with Crippen molar-refractivity contribution in [2.75, 3.05) is 38.4 Å². The lowest BCUT2D eigenvalue weighted by Crippen LogP contribution is -2.51. The van der Waals surface area contributed by atoms with Crippen molar-refractivity contribution in [2.24, 2.45) is 0 Å². The summed E-state index contributed by atoms with van der Waals surface area (Å²) in [6.07, 6.45) is 1.33. The number of ether oxygens (including phenoxy) is 2. The van der Waals surface area contributed by atoms with Gasteiger partial charge in [-0.15, -0.1) is 0 Å². The summed E-state index contributed by atoms with van der Waals surface area (Å²) in [7, 11) is 0.428. The lowest BCUT2D eigenvalue weighted by Gasteiger charge is -2.33. The van der Waals surface area contributed by atoms with Gasteiger partial charge in [0.25, 0.3) is 0 Å². The molecule has 0 aliphatic rings. The first-order valence-corrected chi connectivity index (χ1v) is 12.7. The lowest BCUT2D eigenvalue weighted by molar-refractivity contribution is -0.140. The van der Waals surface area contributed by atoms with E-state index in [4.69, 9.17) is 21.1 Å². The number of likely N-dealkylation sites (N-methyl/N-ethyl adjacent to an activating group) is 1. The molecule has 2 aromatic carbocycles. The van der Waals surface area contributed by atoms with Gasteiger partial charge < -0.3 is 19.7 Å². The van der Waals surface area contributed by atoms with Gasteiger partial charge in [0.05, 0.1) is 26.2 Å². The highest BCUT2D eigenvalue weighted by Crippen LogP contribution is 2.34. The van der Waals surface area contributed by atoms with E-state index < -0.39 is 28.5 Å². The van der Waals surface area contributed by atoms with E-state index in [1.54, 1.807) is 43.3 Å². The second-order valence-corrected chi connectivity index (χ2v) is 9.84. The topological polar surface area (TPSA) is 105 Å². The van der Waals surface area contributed by atoms with Gasteiger partial charge in [0.15, 0.2) is 0 Å². The van der Waals surface area contributed by atoms with Crippen molar-refractivity contribution in [3.63, 3.8) is 0 Å². The molecule has 11 heteroatoms. The summed E-state index contributed by atoms with van der Waals surface area (Å²) >= 11 is 5.97. The van der Waals surface area contributed by atoms with Crippen LogP contribution in [-0.2, 0) is 26.2 Å². The van der Waals surface area contributed by atoms with E-state index in [9.17, 15) is 18.0 Å². The number of hydrogen-bond acceptors (Lipinski definition) is 6. The van der Waals surface area contributed by atoms with Gasteiger partial charge in [0.1, 0.15) is 24.1 Å². The summed E-state index contributed by atoms with van der Waals surface area (Å²) in [5, 5.41) is 3.11. The fourth-order valence-corrected chi connectivity index (χ4v) is 4.43. The molecule has 2 amide bonds. The normalized spacial score (nSPS) is 11.9. The molecule has 0 bridgehead atoms. The predicted octanol–water partition coefficient (Wildman–Crippen LogP) is 2.68. The molecule has 0 spiro atoms. The molecule has 0 aliphatic heterocycles. The Hall–Kier alpha value is -2.98. The zero-order valence-electron chi connectivity index (χ0n) is 19.9. The van der Waals surface area contributed by atoms with Crippen LogP contribution in [0.15, 0.2) is 42.5 Å². The number of nitrogens with zero attached hydrogens (tertiary/aromatic N) is 2. The Bertz CT molecular complexity index is 1110. The standard InChI is InChI=1S/C23H30ClN3O6S/c1-6-19(23(29)25-2)26(14-16-7-9-17(24)10-8-16)22(28)15-27(34(5,30)31)20-13-18(32-3)11-12-21(20)33-4/h7-13,19H,6,14-15H2,1-5H3,(H,25,29). The van der Waals surface area contributed by atoms with Crippen molar-refractivity contribution < 1.29 is 27.5 Å². The summed E-state index contributed by atoms with van der Waals surface area (Å²) in [6.45, 7) is 1.33. The number of nitrogens with one attached hydrogen (secondary N) is 1. The number of anilines is 1. The van der Waals surface area contributed by atoms with E-state index in [0.29, 0.717) is 17.2 Å². The number of benzene rings is 2. The maximum absolute atomic E-state index is 13.6. The van der Waals surface area contributed by atoms with Crippen LogP contribution in [0.25, 0.3) is 0 Å². The molecule has 2 rings (SSSR count). The number of sulfonamides is 1. The number of carbonyl (C=O) groups excluding carboxylic acids is 2. The molecule has 0 fully saturated rings. The van der Waals surface area contributed by atoms with Crippen LogP contribution < -0.4 is 19.1 Å². The Balaban J connectivity index is 2.51. The van der Waals surface area contributed by atoms with E-state index in [1.807, 2.05) is 0 Å². The van der Waals surface area contributed by atoms with E-state index in [-0.39, 0.29) is 23.9 Å². The molecule has 2 aromatic rings. The van der Waals surface area contributed by atoms with Gasteiger partial charge in [-0.2, -0.15) is 0 Å². The Morgan fingerprint density at radius 3 is 2.24 bits per heavy atom. The molecule has 34 heavy (non-hydrogen) atoms. The van der Waals surface area contributed by atoms with E-state index >= 15 is 0 Å². The molecule has 186 valence electrons. The van der Waals surface area contributed by atoms with Crippen LogP contribution in [0.3, 0.4) is 0 Å². The second-order valence-electron chi connectivity index (χ2n) is 7.49. The van der Waals surface area contributed by atoms with Crippen LogP contribution >= 0.6 is 11.6 Å². The molecule has 0 saturated carbocycles. The highest BCUT2D eigenvalue weighted by Gasteiger charge is 2.32. The molecule has 1 unspecified atom stereocenters. The average Bonchev–Trinajstić information content (AvgIpc) is 2.82. The van der Waals surface area contributed by atoms with Gasteiger partial charge in [0, 0.05) is 24.7 Å². The number of amides is 2. The average molecular weight is 512 g/mol. The monoisotopic (exact) mass is 511 g/mol. The molecular formula is C23H30ClN3O6S. The van der Waals surface area contributed by atoms with Crippen molar-refractivity contribution in [2.45, 2.75) is 25.9 Å². The van der Waals surface area contributed by atoms with Gasteiger partial charge in [-0.3, -0.25) is 13.9 Å². The summed E-state index contributed by atoms with van der Waals surface area (Å²) in [5.41, 5.74) is 0.891. The maximum atomic E-state index is 13.6. The largest absolute Gasteiger partial charge is 0.497 e. The van der Waals surface area contributed by atoms with E-state index in [2.05, 4.69) is 5.32 Å². The van der Waals surface area contributed by atoms with Gasteiger partial charge in [-0.05, 0) is 36.2 Å². The quantitative estimate of drug-likeness (QED) is 0.497. The number of rotatable bonds is 11. The minimum absolute atomic E-state index is 0.0920. The molecule has 0 radical (unpaired) electrons. The van der Waals surface area contributed by atoms with Crippen LogP contribution in [0.4, 0.5) is 5.69 Å². The summed E-state index contributed by atoms with van der Waals surface area (Å²) in [5.74, 6) is -0.260. The number of halogens is 1. The number of hydrogen-bond donors (Lipinski definition) is 1. The van der Waals surface area contributed by atoms with Crippen molar-refractivity contribution in [1.82, 2.24) is 10.2 Å². The summed E-state index contributed by atoms with van der Waals surface area (Å²) < 4.78 is 37.0. The smallest absolute Gasteiger partial charge is 0.244 e. The Morgan fingerprint density at radius 2 is 1.74 bits per heavy atom. The maximum Gasteiger partial charge on any atom is 0.244 e. The number of methoxy groups -OCH3 is 2. The second kappa shape index (κ2) is 11.9. The van der Waals surface area contributed by atoms with Crippen LogP contribution in [0.5, 0.6) is 11.5 Å². The highest BCUT2D eigenvalue weighted by atomic mass is 35.5. The molecule has 0 heterocycles. The predicted molar refractivity (Wildman–Crippen MR) is 132 cm³/mol. The minimum Gasteiger partial charge on any atom is -0.497 e. The van der Waals surface area contributed by atoms with Crippen molar-refractivity contribution in [3.8, 4) is 11.5 Å². The highest BCUT2D eigenvalue weighted by molar-refractivity contribution is 7.92. The number of carbonyl (C=O) groups is 2. The zero-order chi connectivity index (χ0) is 25.5. The van der Waals surface area contributed by atoms with Crippen LogP contribution in [0, 0.1) is 0 Å². The molecule has 0 saturated heterocycles. The van der Waals surface area contributed by atoms with Crippen LogP contribution in [0.2, 0.25) is 5.02 Å². The van der Waals surface area contributed by atoms with Gasteiger partial charge in [-0.25, -0.2) is 8.42 Å². The van der Waals surface area contributed by atoms with E-state index in [1.165, 1.54) is 32.2 Å². The van der Waals surface area contributed by atoms with Gasteiger partial charge in [0.2, 0.25) is 21.8 Å².